The van der Waals surface area contributed by atoms with Crippen molar-refractivity contribution in [2.45, 2.75) is 32.8 Å². The third kappa shape index (κ3) is 5.24. The maximum atomic E-state index is 5.75. The molecule has 2 aromatic carbocycles. The summed E-state index contributed by atoms with van der Waals surface area (Å²) in [5.74, 6) is 0.908. The van der Waals surface area contributed by atoms with Crippen LogP contribution in [0.5, 0.6) is 5.75 Å². The minimum Gasteiger partial charge on any atom is -0.491 e. The monoisotopic (exact) mass is 284 g/mol. The lowest BCUT2D eigenvalue weighted by molar-refractivity contribution is 0.0889. The number of hydrogen-bond donors (Lipinski definition) is 0. The van der Waals surface area contributed by atoms with E-state index in [0.29, 0.717) is 19.8 Å². The molecule has 2 aromatic rings. The zero-order chi connectivity index (χ0) is 15.1. The lowest BCUT2D eigenvalue weighted by atomic mass is 9.87. The maximum Gasteiger partial charge on any atom is 0.119 e. The van der Waals surface area contributed by atoms with Crippen LogP contribution >= 0.6 is 0 Å². The molecule has 21 heavy (non-hydrogen) atoms. The summed E-state index contributed by atoms with van der Waals surface area (Å²) < 4.78 is 11.4. The first-order valence-corrected chi connectivity index (χ1v) is 7.41. The van der Waals surface area contributed by atoms with Crippen molar-refractivity contribution in [2.75, 3.05) is 13.2 Å². The van der Waals surface area contributed by atoms with Crippen molar-refractivity contribution in [3.63, 3.8) is 0 Å². The number of hydrogen-bond acceptors (Lipinski definition) is 2. The van der Waals surface area contributed by atoms with Crippen molar-refractivity contribution in [3.8, 4) is 5.75 Å². The Labute approximate surface area is 127 Å². The summed E-state index contributed by atoms with van der Waals surface area (Å²) in [6, 6.07) is 18.5. The highest BCUT2D eigenvalue weighted by molar-refractivity contribution is 5.32. The lowest BCUT2D eigenvalue weighted by Gasteiger charge is -2.19. The van der Waals surface area contributed by atoms with Crippen LogP contribution in [0.4, 0.5) is 0 Å². The van der Waals surface area contributed by atoms with Crippen molar-refractivity contribution < 1.29 is 9.47 Å². The molecule has 0 spiro atoms. The molecule has 0 aliphatic carbocycles. The summed E-state index contributed by atoms with van der Waals surface area (Å²) in [4.78, 5) is 0. The molecule has 2 heteroatoms. The van der Waals surface area contributed by atoms with E-state index in [1.54, 1.807) is 0 Å². The normalized spacial score (nSPS) is 11.4. The van der Waals surface area contributed by atoms with Crippen LogP contribution in [0, 0.1) is 0 Å². The first-order valence-electron chi connectivity index (χ1n) is 7.41. The molecule has 0 aliphatic rings. The van der Waals surface area contributed by atoms with Gasteiger partial charge < -0.3 is 9.47 Å². The van der Waals surface area contributed by atoms with Crippen molar-refractivity contribution in [1.29, 1.82) is 0 Å². The molecule has 0 saturated carbocycles. The van der Waals surface area contributed by atoms with Gasteiger partial charge in [0.05, 0.1) is 13.2 Å². The van der Waals surface area contributed by atoms with Gasteiger partial charge in [-0.3, -0.25) is 0 Å². The van der Waals surface area contributed by atoms with Gasteiger partial charge in [0.25, 0.3) is 0 Å². The van der Waals surface area contributed by atoms with Crippen molar-refractivity contribution in [1.82, 2.24) is 0 Å². The Hall–Kier alpha value is -1.80. The van der Waals surface area contributed by atoms with E-state index in [4.69, 9.17) is 9.47 Å². The molecule has 0 radical (unpaired) electrons. The van der Waals surface area contributed by atoms with Crippen LogP contribution < -0.4 is 4.74 Å². The standard InChI is InChI=1S/C19H24O2/c1-19(2,3)17-10-7-11-18(14-17)21-13-12-20-15-16-8-5-4-6-9-16/h4-11,14H,12-13,15H2,1-3H3. The Kier molecular flexibility index (Phi) is 5.40. The summed E-state index contributed by atoms with van der Waals surface area (Å²) in [6.07, 6.45) is 0. The molecule has 0 unspecified atom stereocenters. The second-order valence-corrected chi connectivity index (χ2v) is 6.16. The van der Waals surface area contributed by atoms with E-state index in [0.717, 1.165) is 5.75 Å². The van der Waals surface area contributed by atoms with E-state index in [9.17, 15) is 0 Å². The average molecular weight is 284 g/mol. The Balaban J connectivity index is 1.74. The fourth-order valence-electron chi connectivity index (χ4n) is 2.04. The highest BCUT2D eigenvalue weighted by Gasteiger charge is 2.13. The molecule has 0 heterocycles. The predicted octanol–water partition coefficient (Wildman–Crippen LogP) is 4.58. The molecule has 0 N–H and O–H groups in total. The van der Waals surface area contributed by atoms with E-state index in [2.05, 4.69) is 45.0 Å². The minimum absolute atomic E-state index is 0.142. The van der Waals surface area contributed by atoms with Crippen LogP contribution in [0.1, 0.15) is 31.9 Å². The van der Waals surface area contributed by atoms with Crippen LogP contribution in [0.2, 0.25) is 0 Å². The van der Waals surface area contributed by atoms with Gasteiger partial charge in [0, 0.05) is 0 Å². The number of rotatable bonds is 6. The first-order chi connectivity index (χ1) is 10.1. The zero-order valence-electron chi connectivity index (χ0n) is 13.1. The van der Waals surface area contributed by atoms with Crippen LogP contribution in [-0.2, 0) is 16.8 Å². The molecule has 2 nitrogen and oxygen atoms in total. The zero-order valence-corrected chi connectivity index (χ0v) is 13.1. The Bertz CT molecular complexity index is 541. The number of benzene rings is 2. The third-order valence-corrected chi connectivity index (χ3v) is 3.31. The van der Waals surface area contributed by atoms with E-state index < -0.39 is 0 Å². The van der Waals surface area contributed by atoms with Gasteiger partial charge in [0.1, 0.15) is 12.4 Å². The number of ether oxygens (including phenoxy) is 2. The van der Waals surface area contributed by atoms with Crippen molar-refractivity contribution in [3.05, 3.63) is 65.7 Å². The van der Waals surface area contributed by atoms with E-state index >= 15 is 0 Å². The minimum atomic E-state index is 0.142. The molecule has 2 rings (SSSR count). The molecule has 0 amide bonds. The summed E-state index contributed by atoms with van der Waals surface area (Å²) >= 11 is 0. The molecule has 0 aliphatic heterocycles. The van der Waals surface area contributed by atoms with Crippen LogP contribution in [-0.4, -0.2) is 13.2 Å². The maximum absolute atomic E-state index is 5.75. The summed E-state index contributed by atoms with van der Waals surface area (Å²) in [5, 5.41) is 0. The quantitative estimate of drug-likeness (QED) is 0.723. The molecule has 112 valence electrons. The van der Waals surface area contributed by atoms with E-state index in [-0.39, 0.29) is 5.41 Å². The molecular weight excluding hydrogens is 260 g/mol. The van der Waals surface area contributed by atoms with Crippen LogP contribution in [0.15, 0.2) is 54.6 Å². The second-order valence-electron chi connectivity index (χ2n) is 6.16. The van der Waals surface area contributed by atoms with Crippen LogP contribution in [0.25, 0.3) is 0 Å². The highest BCUT2D eigenvalue weighted by Crippen LogP contribution is 2.25. The Morgan fingerprint density at radius 3 is 2.33 bits per heavy atom. The SMILES string of the molecule is CC(C)(C)c1cccc(OCCOCc2ccccc2)c1. The summed E-state index contributed by atoms with van der Waals surface area (Å²) in [7, 11) is 0. The van der Waals surface area contributed by atoms with Crippen LogP contribution in [0.3, 0.4) is 0 Å². The largest absolute Gasteiger partial charge is 0.491 e. The van der Waals surface area contributed by atoms with Crippen molar-refractivity contribution in [2.24, 2.45) is 0 Å². The first kappa shape index (κ1) is 15.6. The lowest BCUT2D eigenvalue weighted by Crippen LogP contribution is -2.12. The topological polar surface area (TPSA) is 18.5 Å². The third-order valence-electron chi connectivity index (χ3n) is 3.31. The molecule has 0 atom stereocenters. The van der Waals surface area contributed by atoms with Gasteiger partial charge in [-0.2, -0.15) is 0 Å². The smallest absolute Gasteiger partial charge is 0.119 e. The molecule has 0 aromatic heterocycles. The molecule has 0 fully saturated rings. The van der Waals surface area contributed by atoms with Gasteiger partial charge in [-0.1, -0.05) is 63.2 Å². The van der Waals surface area contributed by atoms with Crippen molar-refractivity contribution >= 4 is 0 Å². The Morgan fingerprint density at radius 2 is 1.62 bits per heavy atom. The van der Waals surface area contributed by atoms with Gasteiger partial charge >= 0.3 is 0 Å². The second kappa shape index (κ2) is 7.28. The fourth-order valence-corrected chi connectivity index (χ4v) is 2.04. The molecular formula is C19H24O2. The van der Waals surface area contributed by atoms with Gasteiger partial charge in [-0.05, 0) is 28.7 Å². The summed E-state index contributed by atoms with van der Waals surface area (Å²) in [6.45, 7) is 8.40. The van der Waals surface area contributed by atoms with Gasteiger partial charge in [-0.25, -0.2) is 0 Å². The summed E-state index contributed by atoms with van der Waals surface area (Å²) in [5.41, 5.74) is 2.61. The van der Waals surface area contributed by atoms with Gasteiger partial charge in [0.15, 0.2) is 0 Å². The van der Waals surface area contributed by atoms with E-state index in [1.807, 2.05) is 30.3 Å². The van der Waals surface area contributed by atoms with Gasteiger partial charge in [0.2, 0.25) is 0 Å². The van der Waals surface area contributed by atoms with E-state index in [1.165, 1.54) is 11.1 Å². The molecule has 0 bridgehead atoms. The highest BCUT2D eigenvalue weighted by atomic mass is 16.5. The Morgan fingerprint density at radius 1 is 0.857 bits per heavy atom. The molecule has 0 saturated heterocycles. The average Bonchev–Trinajstić information content (AvgIpc) is 2.47. The fraction of sp³-hybridized carbons (Fsp3) is 0.368. The van der Waals surface area contributed by atoms with Gasteiger partial charge in [-0.15, -0.1) is 0 Å². The predicted molar refractivity (Wildman–Crippen MR) is 86.7 cm³/mol.